The topological polar surface area (TPSA) is 38.9 Å². The van der Waals surface area contributed by atoms with Crippen LogP contribution in [0, 0.1) is 5.41 Å². The summed E-state index contributed by atoms with van der Waals surface area (Å²) in [4.78, 5) is 9.11. The van der Waals surface area contributed by atoms with Crippen molar-refractivity contribution in [3.05, 3.63) is 72.5 Å². The molecule has 3 nitrogen and oxygen atoms in total. The molecule has 0 unspecified atom stereocenters. The summed E-state index contributed by atoms with van der Waals surface area (Å²) in [6.07, 6.45) is 6.59. The van der Waals surface area contributed by atoms with Crippen LogP contribution in [-0.2, 0) is 0 Å². The van der Waals surface area contributed by atoms with Gasteiger partial charge in [-0.05, 0) is 71.6 Å². The third-order valence-electron chi connectivity index (χ3n) is 7.02. The first-order valence-electron chi connectivity index (χ1n) is 11.7. The van der Waals surface area contributed by atoms with Crippen molar-refractivity contribution in [2.24, 2.45) is 5.41 Å². The molecule has 0 atom stereocenters. The molecule has 154 valence electrons. The Labute approximate surface area is 183 Å². The van der Waals surface area contributed by atoms with Crippen molar-refractivity contribution in [2.45, 2.75) is 45.4 Å². The second-order valence-corrected chi connectivity index (χ2v) is 9.67. The monoisotopic (exact) mass is 407 g/mol. The molecule has 3 aromatic carbocycles. The summed E-state index contributed by atoms with van der Waals surface area (Å²) >= 11 is 0. The molecule has 1 saturated carbocycles. The van der Waals surface area contributed by atoms with Gasteiger partial charge in [-0.15, -0.1) is 0 Å². The Kier molecular flexibility index (Phi) is 3.90. The molecule has 2 aromatic heterocycles. The summed E-state index contributed by atoms with van der Waals surface area (Å²) in [5.74, 6) is 0.595. The van der Waals surface area contributed by atoms with Crippen LogP contribution in [0.2, 0.25) is 0 Å². The number of hydrogen-bond donors (Lipinski definition) is 0. The second kappa shape index (κ2) is 6.91. The van der Waals surface area contributed by atoms with Crippen molar-refractivity contribution in [3.63, 3.8) is 0 Å². The van der Waals surface area contributed by atoms with Crippen LogP contribution in [0.4, 0.5) is 0 Å². The molecule has 0 saturated heterocycles. The number of aromatic nitrogens is 2. The fraction of sp³-hybridized carbons (Fsp3) is 0.286. The third-order valence-corrected chi connectivity index (χ3v) is 7.02. The van der Waals surface area contributed by atoms with Gasteiger partial charge in [0.15, 0.2) is 5.58 Å². The van der Waals surface area contributed by atoms with Gasteiger partial charge >= 0.3 is 0 Å². The van der Waals surface area contributed by atoms with Crippen LogP contribution < -0.4 is 0 Å². The van der Waals surface area contributed by atoms with Crippen LogP contribution in [0.5, 0.6) is 0 Å². The predicted molar refractivity (Wildman–Crippen MR) is 127 cm³/mol. The van der Waals surface area contributed by atoms with Crippen LogP contribution in [0.3, 0.4) is 0 Å². The van der Waals surface area contributed by atoms with Gasteiger partial charge in [-0.2, -0.15) is 0 Å². The molecule has 5 aromatic rings. The van der Waals surface area contributed by atoms with Gasteiger partial charge in [-0.3, -0.25) is 0 Å². The predicted octanol–water partition coefficient (Wildman–Crippen LogP) is 7.88. The Morgan fingerprint density at radius 1 is 0.968 bits per heavy atom. The summed E-state index contributed by atoms with van der Waals surface area (Å²) in [5.41, 5.74) is 5.85. The van der Waals surface area contributed by atoms with E-state index in [1.807, 2.05) is 30.3 Å². The minimum Gasteiger partial charge on any atom is -0.452 e. The molecular weight excluding hydrogens is 380 g/mol. The lowest BCUT2D eigenvalue weighted by molar-refractivity contribution is 0.224. The van der Waals surface area contributed by atoms with Crippen molar-refractivity contribution >= 4 is 32.8 Å². The maximum atomic E-state index is 8.46. The number of hydrogen-bond acceptors (Lipinski definition) is 3. The van der Waals surface area contributed by atoms with E-state index >= 15 is 0 Å². The molecule has 0 radical (unpaired) electrons. The first kappa shape index (κ1) is 17.5. The second-order valence-electron chi connectivity index (χ2n) is 9.67. The fourth-order valence-corrected chi connectivity index (χ4v) is 5.04. The quantitative estimate of drug-likeness (QED) is 0.299. The van der Waals surface area contributed by atoms with Gasteiger partial charge < -0.3 is 4.42 Å². The van der Waals surface area contributed by atoms with Gasteiger partial charge in [-0.1, -0.05) is 56.3 Å². The van der Waals surface area contributed by atoms with Gasteiger partial charge in [0.2, 0.25) is 0 Å². The molecule has 0 amide bonds. The van der Waals surface area contributed by atoms with Crippen LogP contribution in [0.15, 0.2) is 71.4 Å². The van der Waals surface area contributed by atoms with Gasteiger partial charge in [0.05, 0.1) is 1.37 Å². The smallest absolute Gasteiger partial charge is 0.180 e. The lowest BCUT2D eigenvalue weighted by Crippen LogP contribution is -2.20. The minimum absolute atomic E-state index is 0.459. The maximum absolute atomic E-state index is 8.46. The summed E-state index contributed by atoms with van der Waals surface area (Å²) < 4.78 is 14.8. The van der Waals surface area contributed by atoms with E-state index in [0.717, 1.165) is 38.5 Å². The molecule has 0 N–H and O–H groups in total. The average molecular weight is 408 g/mol. The minimum atomic E-state index is 0.459. The van der Waals surface area contributed by atoms with E-state index in [0.29, 0.717) is 23.0 Å². The molecular formula is C28H26N2O. The molecule has 0 bridgehead atoms. The normalized spacial score (nSPS) is 17.4. The van der Waals surface area contributed by atoms with E-state index in [1.165, 1.54) is 31.2 Å². The molecule has 2 heterocycles. The molecule has 3 heteroatoms. The van der Waals surface area contributed by atoms with E-state index in [4.69, 9.17) is 5.79 Å². The largest absolute Gasteiger partial charge is 0.452 e. The first-order valence-corrected chi connectivity index (χ1v) is 11.2. The number of fused-ring (bicyclic) bond motifs is 4. The molecule has 0 spiro atoms. The Hall–Kier alpha value is -3.20. The maximum Gasteiger partial charge on any atom is 0.180 e. The standard InChI is InChI=1S/C28H26N2O/c1-28(2)13-11-19(12-14-28)21-9-10-23-24(16-21)31-27-25(29-17-30-26(23)27)22-8-7-18-5-3-4-6-20(18)15-22/h3-10,15-17,19H,11-14H2,1-2H3/i7D. The molecule has 1 aliphatic rings. The lowest BCUT2D eigenvalue weighted by Gasteiger charge is -2.34. The van der Waals surface area contributed by atoms with Crippen LogP contribution in [-0.4, -0.2) is 9.97 Å². The summed E-state index contributed by atoms with van der Waals surface area (Å²) in [5, 5.41) is 2.99. The van der Waals surface area contributed by atoms with E-state index in [1.54, 1.807) is 6.33 Å². The Bertz CT molecular complexity index is 1470. The zero-order chi connectivity index (χ0) is 21.9. The number of nitrogens with zero attached hydrogens (tertiary/aromatic N) is 2. The summed E-state index contributed by atoms with van der Waals surface area (Å²) in [6, 6.07) is 19.0. The highest BCUT2D eigenvalue weighted by atomic mass is 16.3. The zero-order valence-corrected chi connectivity index (χ0v) is 18.0. The molecule has 1 fully saturated rings. The SMILES string of the molecule is [2H]c1cc(-c2ncnc3c2oc2cc(C4CCC(C)(C)CC4)ccc23)cc2ccccc12. The fourth-order valence-electron chi connectivity index (χ4n) is 5.04. The van der Waals surface area contributed by atoms with Crippen LogP contribution in [0.25, 0.3) is 44.1 Å². The molecule has 0 aliphatic heterocycles. The Morgan fingerprint density at radius 2 is 1.77 bits per heavy atom. The van der Waals surface area contributed by atoms with Crippen molar-refractivity contribution in [1.29, 1.82) is 0 Å². The van der Waals surface area contributed by atoms with E-state index in [2.05, 4.69) is 48.1 Å². The third kappa shape index (κ3) is 3.20. The van der Waals surface area contributed by atoms with Crippen molar-refractivity contribution in [2.75, 3.05) is 0 Å². The van der Waals surface area contributed by atoms with Gasteiger partial charge in [0.25, 0.3) is 0 Å². The van der Waals surface area contributed by atoms with Crippen molar-refractivity contribution < 1.29 is 5.79 Å². The van der Waals surface area contributed by atoms with Crippen LogP contribution in [0.1, 0.15) is 52.4 Å². The van der Waals surface area contributed by atoms with Crippen LogP contribution >= 0.6 is 0 Å². The Balaban J connectivity index is 1.47. The summed E-state index contributed by atoms with van der Waals surface area (Å²) in [6.45, 7) is 4.75. The van der Waals surface area contributed by atoms with Gasteiger partial charge in [0, 0.05) is 10.9 Å². The summed E-state index contributed by atoms with van der Waals surface area (Å²) in [7, 11) is 0. The lowest BCUT2D eigenvalue weighted by atomic mass is 9.71. The van der Waals surface area contributed by atoms with E-state index in [-0.39, 0.29) is 0 Å². The first-order chi connectivity index (χ1) is 15.5. The molecule has 1 aliphatic carbocycles. The molecule has 6 rings (SSSR count). The van der Waals surface area contributed by atoms with Gasteiger partial charge in [-0.25, -0.2) is 9.97 Å². The number of furan rings is 1. The van der Waals surface area contributed by atoms with E-state index in [9.17, 15) is 0 Å². The highest BCUT2D eigenvalue weighted by molar-refractivity contribution is 6.06. The number of rotatable bonds is 2. The Morgan fingerprint density at radius 3 is 2.61 bits per heavy atom. The van der Waals surface area contributed by atoms with Crippen molar-refractivity contribution in [3.8, 4) is 11.3 Å². The van der Waals surface area contributed by atoms with Gasteiger partial charge in [0.1, 0.15) is 23.1 Å². The molecule has 31 heavy (non-hydrogen) atoms. The van der Waals surface area contributed by atoms with E-state index < -0.39 is 0 Å². The highest BCUT2D eigenvalue weighted by Crippen LogP contribution is 2.43. The number of benzene rings is 3. The highest BCUT2D eigenvalue weighted by Gasteiger charge is 2.28. The average Bonchev–Trinajstić information content (AvgIpc) is 3.17. The zero-order valence-electron chi connectivity index (χ0n) is 19.0. The van der Waals surface area contributed by atoms with Crippen molar-refractivity contribution in [1.82, 2.24) is 9.97 Å².